The van der Waals surface area contributed by atoms with E-state index in [9.17, 15) is 4.79 Å². The Morgan fingerprint density at radius 2 is 1.12 bits per heavy atom. The van der Waals surface area contributed by atoms with E-state index in [1.807, 2.05) is 36.4 Å². The van der Waals surface area contributed by atoms with Crippen molar-refractivity contribution < 1.29 is 23.7 Å². The molecule has 122 valence electrons. The highest BCUT2D eigenvalue weighted by molar-refractivity contribution is 5.83. The molecule has 0 N–H and O–H groups in total. The number of carbonyl (C=O) groups is 1. The van der Waals surface area contributed by atoms with E-state index in [2.05, 4.69) is 0 Å². The van der Waals surface area contributed by atoms with Gasteiger partial charge in [0.2, 0.25) is 13.6 Å². The summed E-state index contributed by atoms with van der Waals surface area (Å²) in [5, 5.41) is 0. The second-order valence-corrected chi connectivity index (χ2v) is 6.39. The molecule has 0 amide bonds. The van der Waals surface area contributed by atoms with Crippen LogP contribution < -0.4 is 18.9 Å². The fourth-order valence-corrected chi connectivity index (χ4v) is 3.85. The van der Waals surface area contributed by atoms with Crippen LogP contribution in [-0.4, -0.2) is 19.4 Å². The molecule has 24 heavy (non-hydrogen) atoms. The molecule has 2 atom stereocenters. The van der Waals surface area contributed by atoms with Crippen LogP contribution in [0, 0.1) is 0 Å². The van der Waals surface area contributed by atoms with E-state index >= 15 is 0 Å². The van der Waals surface area contributed by atoms with Gasteiger partial charge in [0.05, 0.1) is 0 Å². The molecule has 1 saturated carbocycles. The summed E-state index contributed by atoms with van der Waals surface area (Å²) in [6.07, 6.45) is 1.11. The molecule has 1 aliphatic carbocycles. The van der Waals surface area contributed by atoms with Crippen LogP contribution in [0.1, 0.15) is 35.8 Å². The highest BCUT2D eigenvalue weighted by Crippen LogP contribution is 2.48. The predicted octanol–water partition coefficient (Wildman–Crippen LogP) is 3.37. The number of rotatable bonds is 2. The molecule has 5 heteroatoms. The standard InChI is InChI=1S/C19H16O5/c20-13-7-14(11-1-3-16-18(5-11)23-9-21-16)15(8-13)12-2-4-17-19(6-12)24-10-22-17/h1-6,14-15H,7-10H2/t14-,15-/m0/s1. The van der Waals surface area contributed by atoms with Crippen LogP contribution >= 0.6 is 0 Å². The average Bonchev–Trinajstić information content (AvgIpc) is 3.32. The molecular formula is C19H16O5. The minimum absolute atomic E-state index is 0.146. The van der Waals surface area contributed by atoms with Crippen molar-refractivity contribution in [3.8, 4) is 23.0 Å². The van der Waals surface area contributed by atoms with Crippen molar-refractivity contribution in [2.75, 3.05) is 13.6 Å². The molecule has 2 aliphatic heterocycles. The lowest BCUT2D eigenvalue weighted by Crippen LogP contribution is -2.05. The number of hydrogen-bond donors (Lipinski definition) is 0. The van der Waals surface area contributed by atoms with Crippen molar-refractivity contribution in [1.29, 1.82) is 0 Å². The predicted molar refractivity (Wildman–Crippen MR) is 84.9 cm³/mol. The summed E-state index contributed by atoms with van der Waals surface area (Å²) in [6, 6.07) is 11.9. The maximum atomic E-state index is 12.2. The first kappa shape index (κ1) is 13.7. The van der Waals surface area contributed by atoms with E-state index in [4.69, 9.17) is 18.9 Å². The van der Waals surface area contributed by atoms with Gasteiger partial charge in [-0.05, 0) is 47.2 Å². The molecule has 0 spiro atoms. The molecule has 2 aromatic rings. The van der Waals surface area contributed by atoms with Gasteiger partial charge in [-0.25, -0.2) is 0 Å². The monoisotopic (exact) mass is 324 g/mol. The van der Waals surface area contributed by atoms with Crippen molar-refractivity contribution >= 4 is 5.78 Å². The van der Waals surface area contributed by atoms with Crippen LogP contribution in [0.2, 0.25) is 0 Å². The molecule has 5 rings (SSSR count). The zero-order valence-corrected chi connectivity index (χ0v) is 13.0. The summed E-state index contributed by atoms with van der Waals surface area (Å²) in [5.74, 6) is 3.64. The molecule has 0 unspecified atom stereocenters. The Morgan fingerprint density at radius 1 is 0.667 bits per heavy atom. The zero-order valence-electron chi connectivity index (χ0n) is 13.0. The SMILES string of the molecule is O=C1C[C@@H](c2ccc3c(c2)OCO3)[C@H](c2ccc3c(c2)OCO3)C1. The first-order valence-corrected chi connectivity index (χ1v) is 8.09. The maximum absolute atomic E-state index is 12.2. The van der Waals surface area contributed by atoms with E-state index < -0.39 is 0 Å². The summed E-state index contributed by atoms with van der Waals surface area (Å²) in [4.78, 5) is 12.2. The largest absolute Gasteiger partial charge is 0.454 e. The molecule has 0 saturated heterocycles. The number of ether oxygens (including phenoxy) is 4. The highest BCUT2D eigenvalue weighted by Gasteiger charge is 2.36. The minimum Gasteiger partial charge on any atom is -0.454 e. The number of carbonyl (C=O) groups excluding carboxylic acids is 1. The lowest BCUT2D eigenvalue weighted by Gasteiger charge is -2.20. The van der Waals surface area contributed by atoms with Gasteiger partial charge in [-0.1, -0.05) is 12.1 Å². The fraction of sp³-hybridized carbons (Fsp3) is 0.316. The van der Waals surface area contributed by atoms with Crippen LogP contribution in [0.5, 0.6) is 23.0 Å². The van der Waals surface area contributed by atoms with Gasteiger partial charge in [-0.15, -0.1) is 0 Å². The van der Waals surface area contributed by atoms with Crippen LogP contribution in [0.3, 0.4) is 0 Å². The van der Waals surface area contributed by atoms with Gasteiger partial charge >= 0.3 is 0 Å². The molecule has 5 nitrogen and oxygen atoms in total. The van der Waals surface area contributed by atoms with Crippen LogP contribution in [0.15, 0.2) is 36.4 Å². The van der Waals surface area contributed by atoms with E-state index in [1.54, 1.807) is 0 Å². The zero-order chi connectivity index (χ0) is 16.1. The molecule has 3 aliphatic rings. The molecule has 2 heterocycles. The first-order valence-electron chi connectivity index (χ1n) is 8.09. The van der Waals surface area contributed by atoms with Crippen LogP contribution in [-0.2, 0) is 4.79 Å². The lowest BCUT2D eigenvalue weighted by molar-refractivity contribution is -0.117. The van der Waals surface area contributed by atoms with Crippen LogP contribution in [0.25, 0.3) is 0 Å². The Balaban J connectivity index is 1.51. The first-order chi connectivity index (χ1) is 11.8. The Labute approximate surface area is 139 Å². The number of ketones is 1. The van der Waals surface area contributed by atoms with Gasteiger partial charge in [0.1, 0.15) is 5.78 Å². The molecule has 0 radical (unpaired) electrons. The Kier molecular flexibility index (Phi) is 2.95. The van der Waals surface area contributed by atoms with E-state index in [-0.39, 0.29) is 25.4 Å². The number of Topliss-reactive ketones (excluding diaryl/α,β-unsaturated/α-hetero) is 1. The van der Waals surface area contributed by atoms with Crippen molar-refractivity contribution in [3.63, 3.8) is 0 Å². The van der Waals surface area contributed by atoms with Crippen molar-refractivity contribution in [3.05, 3.63) is 47.5 Å². The second kappa shape index (κ2) is 5.16. The normalized spacial score (nSPS) is 23.8. The molecular weight excluding hydrogens is 308 g/mol. The third-order valence-corrected chi connectivity index (χ3v) is 5.03. The topological polar surface area (TPSA) is 54.0 Å². The third-order valence-electron chi connectivity index (χ3n) is 5.03. The third kappa shape index (κ3) is 2.12. The fourth-order valence-electron chi connectivity index (χ4n) is 3.85. The van der Waals surface area contributed by atoms with Gasteiger partial charge in [-0.2, -0.15) is 0 Å². The summed E-state index contributed by atoms with van der Waals surface area (Å²) in [7, 11) is 0. The molecule has 2 aromatic carbocycles. The molecule has 1 fully saturated rings. The average molecular weight is 324 g/mol. The number of hydrogen-bond acceptors (Lipinski definition) is 5. The number of fused-ring (bicyclic) bond motifs is 2. The van der Waals surface area contributed by atoms with Gasteiger partial charge in [-0.3, -0.25) is 4.79 Å². The van der Waals surface area contributed by atoms with Crippen LogP contribution in [0.4, 0.5) is 0 Å². The lowest BCUT2D eigenvalue weighted by atomic mass is 9.84. The van der Waals surface area contributed by atoms with Crippen molar-refractivity contribution in [1.82, 2.24) is 0 Å². The van der Waals surface area contributed by atoms with Crippen molar-refractivity contribution in [2.45, 2.75) is 24.7 Å². The summed E-state index contributed by atoms with van der Waals surface area (Å²) in [6.45, 7) is 0.516. The smallest absolute Gasteiger partial charge is 0.231 e. The van der Waals surface area contributed by atoms with Crippen molar-refractivity contribution in [2.24, 2.45) is 0 Å². The van der Waals surface area contributed by atoms with Gasteiger partial charge < -0.3 is 18.9 Å². The molecule has 0 aromatic heterocycles. The van der Waals surface area contributed by atoms with E-state index in [0.29, 0.717) is 18.6 Å². The minimum atomic E-state index is 0.146. The Bertz CT molecular complexity index is 761. The summed E-state index contributed by atoms with van der Waals surface area (Å²) in [5.41, 5.74) is 2.24. The Morgan fingerprint density at radius 3 is 1.62 bits per heavy atom. The second-order valence-electron chi connectivity index (χ2n) is 6.39. The summed E-state index contributed by atoms with van der Waals surface area (Å²) < 4.78 is 21.7. The van der Waals surface area contributed by atoms with Gasteiger partial charge in [0.25, 0.3) is 0 Å². The van der Waals surface area contributed by atoms with E-state index in [1.165, 1.54) is 0 Å². The maximum Gasteiger partial charge on any atom is 0.231 e. The summed E-state index contributed by atoms with van der Waals surface area (Å²) >= 11 is 0. The molecule has 0 bridgehead atoms. The quantitative estimate of drug-likeness (QED) is 0.848. The Hall–Kier alpha value is -2.69. The van der Waals surface area contributed by atoms with Gasteiger partial charge in [0.15, 0.2) is 23.0 Å². The van der Waals surface area contributed by atoms with Gasteiger partial charge in [0, 0.05) is 12.8 Å². The highest BCUT2D eigenvalue weighted by atomic mass is 16.7. The van der Waals surface area contributed by atoms with E-state index in [0.717, 1.165) is 34.1 Å². The number of benzene rings is 2.